The van der Waals surface area contributed by atoms with E-state index in [1.807, 2.05) is 23.9 Å². The molecule has 0 aliphatic heterocycles. The van der Waals surface area contributed by atoms with E-state index in [-0.39, 0.29) is 0 Å². The first kappa shape index (κ1) is 11.7. The Balaban J connectivity index is 2.62. The first-order chi connectivity index (χ1) is 6.77. The van der Waals surface area contributed by atoms with Crippen LogP contribution in [0.15, 0.2) is 18.3 Å². The van der Waals surface area contributed by atoms with Crippen LogP contribution in [-0.4, -0.2) is 23.0 Å². The molecule has 0 amide bonds. The predicted octanol–water partition coefficient (Wildman–Crippen LogP) is 3.29. The molecule has 0 radical (unpaired) electrons. The molecule has 0 saturated heterocycles. The highest BCUT2D eigenvalue weighted by molar-refractivity contribution is 7.98. The average molecular weight is 231 g/mol. The lowest BCUT2D eigenvalue weighted by molar-refractivity contribution is 0.770. The Labute approximate surface area is 94.5 Å². The van der Waals surface area contributed by atoms with Crippen LogP contribution < -0.4 is 5.32 Å². The van der Waals surface area contributed by atoms with Crippen molar-refractivity contribution in [1.82, 2.24) is 4.98 Å². The number of nitrogens with one attached hydrogen (secondary N) is 1. The van der Waals surface area contributed by atoms with Crippen LogP contribution in [0.4, 0.5) is 5.82 Å². The van der Waals surface area contributed by atoms with Gasteiger partial charge in [0.25, 0.3) is 0 Å². The van der Waals surface area contributed by atoms with Crippen LogP contribution in [0.3, 0.4) is 0 Å². The molecule has 0 saturated carbocycles. The van der Waals surface area contributed by atoms with Gasteiger partial charge in [0, 0.05) is 18.0 Å². The molecular weight excluding hydrogens is 216 g/mol. The molecule has 1 unspecified atom stereocenters. The van der Waals surface area contributed by atoms with Crippen molar-refractivity contribution >= 4 is 29.2 Å². The molecule has 0 bridgehead atoms. The zero-order valence-corrected chi connectivity index (χ0v) is 10.0. The Bertz CT molecular complexity index is 281. The Morgan fingerprint density at radius 1 is 1.64 bits per heavy atom. The maximum absolute atomic E-state index is 5.99. The number of hydrogen-bond donors (Lipinski definition) is 1. The van der Waals surface area contributed by atoms with Gasteiger partial charge in [-0.25, -0.2) is 4.98 Å². The number of thioether (sulfide) groups is 1. The highest BCUT2D eigenvalue weighted by Gasteiger charge is 2.07. The monoisotopic (exact) mass is 230 g/mol. The van der Waals surface area contributed by atoms with Gasteiger partial charge in [0.1, 0.15) is 5.82 Å². The Hall–Kier alpha value is -0.410. The van der Waals surface area contributed by atoms with E-state index in [0.29, 0.717) is 11.1 Å². The lowest BCUT2D eigenvalue weighted by Gasteiger charge is -2.16. The van der Waals surface area contributed by atoms with Gasteiger partial charge in [-0.15, -0.1) is 0 Å². The first-order valence-electron chi connectivity index (χ1n) is 4.64. The molecule has 4 heteroatoms. The predicted molar refractivity (Wildman–Crippen MR) is 65.3 cm³/mol. The van der Waals surface area contributed by atoms with Gasteiger partial charge in [-0.3, -0.25) is 0 Å². The highest BCUT2D eigenvalue weighted by Crippen LogP contribution is 2.19. The van der Waals surface area contributed by atoms with Crippen LogP contribution in [0.25, 0.3) is 0 Å². The summed E-state index contributed by atoms with van der Waals surface area (Å²) < 4.78 is 0. The van der Waals surface area contributed by atoms with Crippen molar-refractivity contribution < 1.29 is 0 Å². The van der Waals surface area contributed by atoms with Crippen LogP contribution in [0.1, 0.15) is 13.3 Å². The van der Waals surface area contributed by atoms with Gasteiger partial charge in [0.15, 0.2) is 0 Å². The molecule has 0 fully saturated rings. The van der Waals surface area contributed by atoms with Gasteiger partial charge in [0.2, 0.25) is 0 Å². The van der Waals surface area contributed by atoms with E-state index < -0.39 is 0 Å². The van der Waals surface area contributed by atoms with E-state index in [1.54, 1.807) is 6.20 Å². The van der Waals surface area contributed by atoms with Crippen molar-refractivity contribution in [2.45, 2.75) is 19.4 Å². The van der Waals surface area contributed by atoms with Crippen LogP contribution in [0.2, 0.25) is 5.02 Å². The number of rotatable bonds is 5. The smallest absolute Gasteiger partial charge is 0.144 e. The minimum atomic E-state index is 0.442. The number of nitrogens with zero attached hydrogens (tertiary/aromatic N) is 1. The van der Waals surface area contributed by atoms with Crippen molar-refractivity contribution in [2.24, 2.45) is 0 Å². The van der Waals surface area contributed by atoms with Gasteiger partial charge in [0.05, 0.1) is 5.02 Å². The SMILES string of the molecule is CCC(CSC)Nc1ncccc1Cl. The molecule has 0 spiro atoms. The van der Waals surface area contributed by atoms with E-state index in [9.17, 15) is 0 Å². The van der Waals surface area contributed by atoms with Crippen molar-refractivity contribution in [1.29, 1.82) is 0 Å². The lowest BCUT2D eigenvalue weighted by Crippen LogP contribution is -2.21. The van der Waals surface area contributed by atoms with Crippen molar-refractivity contribution in [2.75, 3.05) is 17.3 Å². The highest BCUT2D eigenvalue weighted by atomic mass is 35.5. The summed E-state index contributed by atoms with van der Waals surface area (Å²) in [5.74, 6) is 1.86. The minimum Gasteiger partial charge on any atom is -0.365 e. The second-order valence-corrected chi connectivity index (χ2v) is 4.36. The van der Waals surface area contributed by atoms with Gasteiger partial charge in [-0.05, 0) is 24.8 Å². The van der Waals surface area contributed by atoms with E-state index in [4.69, 9.17) is 11.6 Å². The molecule has 0 aliphatic rings. The third kappa shape index (κ3) is 3.39. The summed E-state index contributed by atoms with van der Waals surface area (Å²) in [5.41, 5.74) is 0. The van der Waals surface area contributed by atoms with Crippen molar-refractivity contribution in [3.63, 3.8) is 0 Å². The fourth-order valence-electron chi connectivity index (χ4n) is 1.15. The van der Waals surface area contributed by atoms with E-state index in [0.717, 1.165) is 18.0 Å². The molecule has 14 heavy (non-hydrogen) atoms. The zero-order valence-electron chi connectivity index (χ0n) is 8.46. The van der Waals surface area contributed by atoms with E-state index in [1.165, 1.54) is 0 Å². The molecule has 0 aromatic carbocycles. The average Bonchev–Trinajstić information content (AvgIpc) is 2.20. The van der Waals surface area contributed by atoms with Gasteiger partial charge >= 0.3 is 0 Å². The molecular formula is C10H15ClN2S. The summed E-state index contributed by atoms with van der Waals surface area (Å²) in [4.78, 5) is 4.20. The standard InChI is InChI=1S/C10H15ClN2S/c1-3-8(7-14-2)13-10-9(11)5-4-6-12-10/h4-6,8H,3,7H2,1-2H3,(H,12,13). The number of pyridine rings is 1. The lowest BCUT2D eigenvalue weighted by atomic mass is 10.2. The van der Waals surface area contributed by atoms with E-state index >= 15 is 0 Å². The molecule has 1 aromatic rings. The van der Waals surface area contributed by atoms with Gasteiger partial charge < -0.3 is 5.32 Å². The topological polar surface area (TPSA) is 24.9 Å². The number of aromatic nitrogens is 1. The molecule has 0 aliphatic carbocycles. The summed E-state index contributed by atoms with van der Waals surface area (Å²) in [6.45, 7) is 2.16. The zero-order chi connectivity index (χ0) is 10.4. The molecule has 78 valence electrons. The minimum absolute atomic E-state index is 0.442. The Morgan fingerprint density at radius 3 is 3.00 bits per heavy atom. The second-order valence-electron chi connectivity index (χ2n) is 3.04. The fraction of sp³-hybridized carbons (Fsp3) is 0.500. The molecule has 1 N–H and O–H groups in total. The quantitative estimate of drug-likeness (QED) is 0.841. The van der Waals surface area contributed by atoms with Gasteiger partial charge in [-0.2, -0.15) is 11.8 Å². The third-order valence-corrected chi connectivity index (χ3v) is 3.00. The molecule has 1 aromatic heterocycles. The summed E-state index contributed by atoms with van der Waals surface area (Å²) in [6, 6.07) is 4.13. The largest absolute Gasteiger partial charge is 0.365 e. The van der Waals surface area contributed by atoms with Gasteiger partial charge in [-0.1, -0.05) is 18.5 Å². The summed E-state index contributed by atoms with van der Waals surface area (Å²) in [5, 5.41) is 4.02. The maximum Gasteiger partial charge on any atom is 0.144 e. The normalized spacial score (nSPS) is 12.5. The molecule has 1 atom stereocenters. The summed E-state index contributed by atoms with van der Waals surface area (Å²) in [6.07, 6.45) is 4.93. The second kappa shape index (κ2) is 6.14. The molecule has 1 rings (SSSR count). The summed E-state index contributed by atoms with van der Waals surface area (Å²) in [7, 11) is 0. The number of halogens is 1. The van der Waals surface area contributed by atoms with Crippen molar-refractivity contribution in [3.8, 4) is 0 Å². The first-order valence-corrected chi connectivity index (χ1v) is 6.41. The Kier molecular flexibility index (Phi) is 5.12. The molecule has 1 heterocycles. The molecule has 2 nitrogen and oxygen atoms in total. The van der Waals surface area contributed by atoms with Crippen LogP contribution in [-0.2, 0) is 0 Å². The summed E-state index contributed by atoms with van der Waals surface area (Å²) >= 11 is 7.82. The maximum atomic E-state index is 5.99. The van der Waals surface area contributed by atoms with E-state index in [2.05, 4.69) is 23.5 Å². The fourth-order valence-corrected chi connectivity index (χ4v) is 2.05. The third-order valence-electron chi connectivity index (χ3n) is 1.96. The van der Waals surface area contributed by atoms with Crippen LogP contribution in [0.5, 0.6) is 0 Å². The van der Waals surface area contributed by atoms with Crippen molar-refractivity contribution in [3.05, 3.63) is 23.4 Å². The van der Waals surface area contributed by atoms with Crippen LogP contribution >= 0.6 is 23.4 Å². The van der Waals surface area contributed by atoms with Crippen LogP contribution in [0, 0.1) is 0 Å². The number of hydrogen-bond acceptors (Lipinski definition) is 3. The number of anilines is 1. The Morgan fingerprint density at radius 2 is 2.43 bits per heavy atom.